The van der Waals surface area contributed by atoms with Crippen molar-refractivity contribution in [1.82, 2.24) is 0 Å². The Morgan fingerprint density at radius 1 is 1.24 bits per heavy atom. The summed E-state index contributed by atoms with van der Waals surface area (Å²) in [5, 5.41) is 0. The van der Waals surface area contributed by atoms with E-state index in [1.165, 1.54) is 0 Å². The van der Waals surface area contributed by atoms with Crippen LogP contribution in [0.15, 0.2) is 24.3 Å². The molecule has 1 saturated heterocycles. The Morgan fingerprint density at radius 3 is 2.59 bits per heavy atom. The number of fused-ring (bicyclic) bond motifs is 1. The minimum Gasteiger partial charge on any atom is -0.459 e. The van der Waals surface area contributed by atoms with E-state index in [9.17, 15) is 23.2 Å². The Kier molecular flexibility index (Phi) is 5.16. The predicted molar refractivity (Wildman–Crippen MR) is 100 cm³/mol. The smallest absolute Gasteiger partial charge is 0.459 e. The highest BCUT2D eigenvalue weighted by Gasteiger charge is 2.70. The molecular weight excluding hydrogens is 505 g/mol. The molecule has 3 fully saturated rings. The van der Waals surface area contributed by atoms with Crippen LogP contribution in [-0.4, -0.2) is 42.8 Å². The van der Waals surface area contributed by atoms with Crippen molar-refractivity contribution in [3.8, 4) is 5.75 Å². The van der Waals surface area contributed by atoms with E-state index in [0.717, 1.165) is 3.57 Å². The lowest BCUT2D eigenvalue weighted by Crippen LogP contribution is -2.44. The van der Waals surface area contributed by atoms with E-state index >= 15 is 0 Å². The largest absolute Gasteiger partial charge is 0.514 e. The van der Waals surface area contributed by atoms with E-state index in [1.807, 2.05) is 0 Å². The lowest BCUT2D eigenvalue weighted by molar-refractivity contribution is -0.164. The van der Waals surface area contributed by atoms with Gasteiger partial charge in [-0.25, -0.2) is 13.6 Å². The van der Waals surface area contributed by atoms with Gasteiger partial charge >= 0.3 is 18.1 Å². The minimum absolute atomic E-state index is 0.279. The van der Waals surface area contributed by atoms with Crippen LogP contribution in [0.1, 0.15) is 13.3 Å². The quantitative estimate of drug-likeness (QED) is 0.254. The number of rotatable bonds is 5. The summed E-state index contributed by atoms with van der Waals surface area (Å²) >= 11 is 2.11. The van der Waals surface area contributed by atoms with Gasteiger partial charge in [0, 0.05) is 22.3 Å². The minimum atomic E-state index is -3.18. The monoisotopic (exact) mass is 522 g/mol. The molecule has 29 heavy (non-hydrogen) atoms. The summed E-state index contributed by atoms with van der Waals surface area (Å²) in [5.41, 5.74) is 0. The van der Waals surface area contributed by atoms with E-state index in [0.29, 0.717) is 13.3 Å². The molecule has 1 heterocycles. The van der Waals surface area contributed by atoms with Crippen molar-refractivity contribution in [2.75, 3.05) is 6.61 Å². The molecule has 0 spiro atoms. The Labute approximate surface area is 178 Å². The molecular formula is C19H17F2IO7. The highest BCUT2D eigenvalue weighted by atomic mass is 127. The van der Waals surface area contributed by atoms with Crippen molar-refractivity contribution in [3.63, 3.8) is 0 Å². The molecule has 3 aliphatic rings. The van der Waals surface area contributed by atoms with E-state index in [1.54, 1.807) is 24.3 Å². The number of esters is 2. The molecule has 0 amide bonds. The van der Waals surface area contributed by atoms with Gasteiger partial charge in [-0.05, 0) is 53.3 Å². The molecule has 1 aliphatic heterocycles. The molecule has 6 unspecified atom stereocenters. The first-order valence-electron chi connectivity index (χ1n) is 9.03. The molecule has 0 radical (unpaired) electrons. The molecule has 7 nitrogen and oxygen atoms in total. The summed E-state index contributed by atoms with van der Waals surface area (Å²) in [6.07, 6.45) is -2.14. The third kappa shape index (κ3) is 3.90. The number of hydrogen-bond acceptors (Lipinski definition) is 7. The van der Waals surface area contributed by atoms with Crippen molar-refractivity contribution in [2.45, 2.75) is 31.5 Å². The van der Waals surface area contributed by atoms with Gasteiger partial charge in [0.15, 0.2) is 6.61 Å². The van der Waals surface area contributed by atoms with Gasteiger partial charge in [-0.3, -0.25) is 9.59 Å². The summed E-state index contributed by atoms with van der Waals surface area (Å²) in [4.78, 5) is 36.9. The van der Waals surface area contributed by atoms with Gasteiger partial charge in [0.25, 0.3) is 5.92 Å². The van der Waals surface area contributed by atoms with Crippen LogP contribution < -0.4 is 4.74 Å². The van der Waals surface area contributed by atoms with Gasteiger partial charge in [-0.15, -0.1) is 0 Å². The molecule has 2 aliphatic carbocycles. The highest BCUT2D eigenvalue weighted by molar-refractivity contribution is 14.1. The molecule has 2 saturated carbocycles. The maximum absolute atomic E-state index is 13.0. The van der Waals surface area contributed by atoms with Crippen LogP contribution >= 0.6 is 22.6 Å². The second-order valence-corrected chi connectivity index (χ2v) is 8.83. The Hall–Kier alpha value is -1.98. The molecule has 4 rings (SSSR count). The number of benzene rings is 1. The highest BCUT2D eigenvalue weighted by Crippen LogP contribution is 2.59. The van der Waals surface area contributed by atoms with Crippen molar-refractivity contribution < 1.29 is 42.1 Å². The third-order valence-corrected chi connectivity index (χ3v) is 6.25. The first kappa shape index (κ1) is 20.3. The number of hydrogen-bond donors (Lipinski definition) is 0. The Morgan fingerprint density at radius 2 is 1.93 bits per heavy atom. The normalized spacial score (nSPS) is 32.1. The van der Waals surface area contributed by atoms with Gasteiger partial charge in [-0.1, -0.05) is 0 Å². The molecule has 1 aromatic carbocycles. The maximum Gasteiger partial charge on any atom is 0.514 e. The molecule has 10 heteroatoms. The lowest BCUT2D eigenvalue weighted by Gasteiger charge is -2.30. The average Bonchev–Trinajstić information content (AvgIpc) is 3.25. The summed E-state index contributed by atoms with van der Waals surface area (Å²) in [5.74, 6) is -7.00. The molecule has 6 atom stereocenters. The summed E-state index contributed by atoms with van der Waals surface area (Å²) in [7, 11) is 0. The molecule has 2 bridgehead atoms. The fraction of sp³-hybridized carbons (Fsp3) is 0.526. The van der Waals surface area contributed by atoms with Crippen LogP contribution in [-0.2, 0) is 23.8 Å². The van der Waals surface area contributed by atoms with Gasteiger partial charge in [0.05, 0.1) is 11.8 Å². The summed E-state index contributed by atoms with van der Waals surface area (Å²) < 4.78 is 47.6. The molecule has 0 aromatic heterocycles. The Bertz CT molecular complexity index is 838. The zero-order valence-electron chi connectivity index (χ0n) is 15.2. The van der Waals surface area contributed by atoms with Gasteiger partial charge in [-0.2, -0.15) is 0 Å². The summed E-state index contributed by atoms with van der Waals surface area (Å²) in [6, 6.07) is 6.69. The van der Waals surface area contributed by atoms with Crippen molar-refractivity contribution >= 4 is 40.7 Å². The van der Waals surface area contributed by atoms with E-state index in [4.69, 9.17) is 18.9 Å². The zero-order chi connectivity index (χ0) is 20.9. The van der Waals surface area contributed by atoms with Crippen molar-refractivity contribution in [1.29, 1.82) is 0 Å². The predicted octanol–water partition coefficient (Wildman–Crippen LogP) is 3.18. The fourth-order valence-electron chi connectivity index (χ4n) is 4.50. The SMILES string of the molecule is CC(F)(F)COC(=O)C1C2CC3C(OC(=O)C31)C2OC(=O)Oc1ccc(I)cc1. The Balaban J connectivity index is 1.46. The van der Waals surface area contributed by atoms with Crippen LogP contribution in [0.2, 0.25) is 0 Å². The first-order valence-corrected chi connectivity index (χ1v) is 10.1. The molecule has 0 N–H and O–H groups in total. The topological polar surface area (TPSA) is 88.1 Å². The lowest BCUT2D eigenvalue weighted by atomic mass is 9.78. The maximum atomic E-state index is 13.0. The molecule has 156 valence electrons. The fourth-order valence-corrected chi connectivity index (χ4v) is 4.86. The number of carbonyl (C=O) groups excluding carboxylic acids is 3. The van der Waals surface area contributed by atoms with Crippen molar-refractivity contribution in [2.24, 2.45) is 23.7 Å². The second-order valence-electron chi connectivity index (χ2n) is 7.58. The van der Waals surface area contributed by atoms with E-state index in [-0.39, 0.29) is 11.7 Å². The van der Waals surface area contributed by atoms with Crippen LogP contribution in [0.5, 0.6) is 5.75 Å². The standard InChI is InChI=1S/C19H17F2IO7/c1-19(20,21)7-26-16(23)12-10-6-11-13(12)17(24)28-14(11)15(10)29-18(25)27-9-4-2-8(22)3-5-9/h2-5,10-15H,6-7H2,1H3. The van der Waals surface area contributed by atoms with Crippen LogP contribution in [0, 0.1) is 27.2 Å². The number of halogens is 3. The van der Waals surface area contributed by atoms with E-state index in [2.05, 4.69) is 22.6 Å². The number of carbonyl (C=O) groups is 3. The number of ether oxygens (including phenoxy) is 4. The van der Waals surface area contributed by atoms with Gasteiger partial charge in [0.1, 0.15) is 18.0 Å². The third-order valence-electron chi connectivity index (χ3n) is 5.53. The first-order chi connectivity index (χ1) is 13.6. The van der Waals surface area contributed by atoms with Crippen LogP contribution in [0.3, 0.4) is 0 Å². The number of alkyl halides is 2. The van der Waals surface area contributed by atoms with Crippen LogP contribution in [0.25, 0.3) is 0 Å². The van der Waals surface area contributed by atoms with Gasteiger partial charge in [0.2, 0.25) is 0 Å². The summed E-state index contributed by atoms with van der Waals surface area (Å²) in [6.45, 7) is -0.446. The van der Waals surface area contributed by atoms with E-state index < -0.39 is 60.6 Å². The molecule has 1 aromatic rings. The second kappa shape index (κ2) is 7.37. The van der Waals surface area contributed by atoms with Crippen molar-refractivity contribution in [3.05, 3.63) is 27.8 Å². The average molecular weight is 522 g/mol. The zero-order valence-corrected chi connectivity index (χ0v) is 17.3. The van der Waals surface area contributed by atoms with Gasteiger partial charge < -0.3 is 18.9 Å². The van der Waals surface area contributed by atoms with Crippen LogP contribution in [0.4, 0.5) is 13.6 Å².